The first-order valence-corrected chi connectivity index (χ1v) is 29.2. The summed E-state index contributed by atoms with van der Waals surface area (Å²) in [7, 11) is -21.0. The van der Waals surface area contributed by atoms with Crippen LogP contribution in [0.2, 0.25) is 0 Å². The van der Waals surface area contributed by atoms with Crippen LogP contribution in [0.25, 0.3) is 22.3 Å². The van der Waals surface area contributed by atoms with Crippen molar-refractivity contribution in [3.8, 4) is 0 Å². The highest BCUT2D eigenvalue weighted by Crippen LogP contribution is 2.68. The third-order valence-corrected chi connectivity index (χ3v) is 17.9. The first kappa shape index (κ1) is 60.0. The minimum absolute atomic E-state index is 0.000828. The molecule has 16 atom stereocenters. The number of rotatable bonds is 23. The van der Waals surface area contributed by atoms with Gasteiger partial charge in [0, 0.05) is 44.8 Å². The Labute approximate surface area is 441 Å². The Morgan fingerprint density at radius 3 is 2.08 bits per heavy atom. The average molecular weight is 1200 g/mol. The minimum atomic E-state index is -6.24. The number of carbonyl (C=O) groups is 1. The van der Waals surface area contributed by atoms with Crippen LogP contribution in [0.4, 0.5) is 11.8 Å². The molecule has 5 aromatic rings. The molecule has 0 aliphatic carbocycles. The van der Waals surface area contributed by atoms with Crippen LogP contribution in [0.15, 0.2) is 45.6 Å². The van der Waals surface area contributed by atoms with E-state index in [9.17, 15) is 72.3 Å². The van der Waals surface area contributed by atoms with Crippen molar-refractivity contribution in [1.29, 1.82) is 0 Å². The largest absolute Gasteiger partial charge is 0.490 e. The van der Waals surface area contributed by atoms with Gasteiger partial charge in [-0.1, -0.05) is 4.98 Å². The van der Waals surface area contributed by atoms with E-state index in [0.29, 0.717) is 0 Å². The lowest BCUT2D eigenvalue weighted by Crippen LogP contribution is -2.45. The number of aliphatic hydroxyl groups is 3. The summed E-state index contributed by atoms with van der Waals surface area (Å²) in [6.07, 6.45) is -14.3. The van der Waals surface area contributed by atoms with Gasteiger partial charge in [-0.05, 0) is 13.8 Å². The van der Waals surface area contributed by atoms with Crippen molar-refractivity contribution in [3.05, 3.63) is 62.4 Å². The molecule has 0 bridgehead atoms. The van der Waals surface area contributed by atoms with Gasteiger partial charge >= 0.3 is 42.6 Å². The second-order valence-corrected chi connectivity index (χ2v) is 23.7. The Morgan fingerprint density at radius 1 is 0.797 bits per heavy atom. The van der Waals surface area contributed by atoms with Gasteiger partial charge in [0.1, 0.15) is 54.6 Å². The third kappa shape index (κ3) is 13.0. The molecule has 3 saturated heterocycles. The molecule has 8 rings (SSSR count). The number of methoxy groups -OCH3 is 1. The molecule has 5 aromatic heterocycles. The van der Waals surface area contributed by atoms with Crippen LogP contribution in [-0.2, 0) is 75.8 Å². The molecule has 3 aliphatic rings. The van der Waals surface area contributed by atoms with Crippen molar-refractivity contribution in [2.24, 2.45) is 13.0 Å². The average Bonchev–Trinajstić information content (AvgIpc) is 4.17. The number of fused-ring (bicyclic) bond motifs is 2. The van der Waals surface area contributed by atoms with Gasteiger partial charge in [0.05, 0.1) is 39.3 Å². The fraction of sp³-hybridized carbons (Fsp3) is 0.595. The standard InChI is InChI=1S/C37H53N13O25P4/c1-5-47(6-2)21(52)9-16-17(70-33(24(16)53)50-15-46(3)23-31(50)44-36(39)45-32(23)56)10-68-77(60,61)74-79(64,65)75-78(62,63)69-12-19-27(28(66-4)35(72-19)49-14-42-22-29(38)40-13-41-30(22)49)73-76(58,59)67-11-18-25(54)26(55)34(71-18)48-8-7-20(51)43-37(48)57/h7-8,13-19,24-28,33-35,53-55H,5-6,9-12H2,1-4H3,(H9-,38,39,40,41,43,44,45,51,56,57,58,59,60,61,62,63,64,65)/p+1/t16-,17-,18-,19-,24-,25-,26-,27-,28-,33?,34-,35-/m1/s1. The predicted octanol–water partition coefficient (Wildman–Crippen LogP) is -3.36. The number of ether oxygens (including phenoxy) is 4. The number of hydrogen-bond donors (Lipinski definition) is 11. The van der Waals surface area contributed by atoms with Crippen molar-refractivity contribution in [2.75, 3.05) is 51.5 Å². The zero-order valence-electron chi connectivity index (χ0n) is 41.5. The number of phosphoric ester groups is 3. The number of imidazole rings is 2. The Hall–Kier alpha value is -5.11. The van der Waals surface area contributed by atoms with Crippen LogP contribution in [0, 0.1) is 5.92 Å². The van der Waals surface area contributed by atoms with E-state index in [1.807, 2.05) is 4.98 Å². The Balaban J connectivity index is 0.956. The number of carbonyl (C=O) groups excluding carboxylic acids is 1. The number of aryl methyl sites for hydroxylation is 1. The van der Waals surface area contributed by atoms with Gasteiger partial charge in [-0.2, -0.15) is 8.62 Å². The number of nitrogens with zero attached hydrogens (tertiary/aromatic N) is 9. The number of H-pyrrole nitrogens is 2. The highest BCUT2D eigenvalue weighted by Gasteiger charge is 2.54. The molecule has 3 fully saturated rings. The van der Waals surface area contributed by atoms with E-state index in [1.165, 1.54) is 32.0 Å². The van der Waals surface area contributed by atoms with Crippen LogP contribution in [0.5, 0.6) is 0 Å². The lowest BCUT2D eigenvalue weighted by Gasteiger charge is -2.26. The van der Waals surface area contributed by atoms with Gasteiger partial charge in [-0.3, -0.25) is 56.1 Å². The molecule has 0 saturated carbocycles. The molecule has 79 heavy (non-hydrogen) atoms. The van der Waals surface area contributed by atoms with E-state index < -0.39 is 154 Å². The maximum Gasteiger partial charge on any atom is 0.490 e. The van der Waals surface area contributed by atoms with Gasteiger partial charge < -0.3 is 70.2 Å². The summed E-state index contributed by atoms with van der Waals surface area (Å²) >= 11 is 0. The first-order valence-electron chi connectivity index (χ1n) is 23.2. The van der Waals surface area contributed by atoms with E-state index in [0.717, 1.165) is 36.6 Å². The second-order valence-electron chi connectivity index (χ2n) is 17.7. The molecule has 38 nitrogen and oxygen atoms in total. The van der Waals surface area contributed by atoms with E-state index in [4.69, 9.17) is 48.5 Å². The maximum absolute atomic E-state index is 13.6. The normalized spacial score (nSPS) is 29.4. The number of nitrogen functional groups attached to an aromatic ring is 2. The zero-order valence-corrected chi connectivity index (χ0v) is 45.1. The summed E-state index contributed by atoms with van der Waals surface area (Å²) in [5.74, 6) is -2.12. The van der Waals surface area contributed by atoms with Gasteiger partial charge in [-0.15, -0.1) is 0 Å². The summed E-state index contributed by atoms with van der Waals surface area (Å²) in [6, 6.07) is 0.922. The lowest BCUT2D eigenvalue weighted by atomic mass is 9.93. The van der Waals surface area contributed by atoms with Gasteiger partial charge in [0.2, 0.25) is 17.7 Å². The molecule has 5 unspecified atom stereocenters. The summed E-state index contributed by atoms with van der Waals surface area (Å²) in [6.45, 7) is 0.545. The molecule has 0 radical (unpaired) electrons. The smallest absolute Gasteiger partial charge is 0.387 e. The van der Waals surface area contributed by atoms with Crippen LogP contribution in [-0.4, -0.2) is 178 Å². The fourth-order valence-corrected chi connectivity index (χ4v) is 13.5. The molecule has 436 valence electrons. The minimum Gasteiger partial charge on any atom is -0.387 e. The van der Waals surface area contributed by atoms with E-state index in [1.54, 1.807) is 13.8 Å². The number of amides is 1. The molecular weight excluding hydrogens is 1150 g/mol. The summed E-state index contributed by atoms with van der Waals surface area (Å²) in [4.78, 5) is 115. The maximum atomic E-state index is 13.6. The van der Waals surface area contributed by atoms with Crippen LogP contribution >= 0.6 is 31.3 Å². The van der Waals surface area contributed by atoms with Gasteiger partial charge in [-0.25, -0.2) is 42.6 Å². The number of nitrogens with one attached hydrogen (secondary N) is 2. The number of hydrogen-bond acceptors (Lipinski definition) is 27. The molecule has 8 heterocycles. The molecule has 13 N–H and O–H groups in total. The molecule has 3 aliphatic heterocycles. The quantitative estimate of drug-likeness (QED) is 0.0225. The Bertz CT molecular complexity index is 3450. The molecule has 0 spiro atoms. The third-order valence-electron chi connectivity index (χ3n) is 12.7. The summed E-state index contributed by atoms with van der Waals surface area (Å²) in [5.41, 5.74) is 9.20. The number of nitrogens with two attached hydrogens (primary N) is 2. The SMILES string of the molecule is CCN(CC)C(=O)C[C@@H]1[C@@H](COP(=O)(O)OP(=O)(O)OP(=O)(O)OC[C@H]2O[C@@H](n3cnc4c(N)ncnc43)[C@H](OC)[C@@H]2OP(=O)(O)OC[C@H]2O[C@@H](n3ccc(=O)[nH]c3=O)[C@H](O)[C@@H]2O)OC([n+]2cn(C)c3c(=O)[nH]c(N)nc32)[C@@H]1O. The Morgan fingerprint density at radius 2 is 1.43 bits per heavy atom. The number of phosphoric acid groups is 4. The second kappa shape index (κ2) is 23.4. The lowest BCUT2D eigenvalue weighted by molar-refractivity contribution is -0.745. The van der Waals surface area contributed by atoms with Gasteiger partial charge in [0.25, 0.3) is 17.1 Å². The first-order chi connectivity index (χ1) is 37.1. The Kier molecular flexibility index (Phi) is 17.8. The van der Waals surface area contributed by atoms with E-state index in [2.05, 4.69) is 33.5 Å². The van der Waals surface area contributed by atoms with E-state index >= 15 is 0 Å². The number of aliphatic hydroxyl groups excluding tert-OH is 3. The highest BCUT2D eigenvalue weighted by atomic mass is 31.3. The topological polar surface area (TPSA) is 528 Å². The predicted molar refractivity (Wildman–Crippen MR) is 258 cm³/mol. The fourth-order valence-electron chi connectivity index (χ4n) is 9.03. The van der Waals surface area contributed by atoms with Crippen molar-refractivity contribution < 1.29 is 108 Å². The van der Waals surface area contributed by atoms with Crippen LogP contribution < -0.4 is 32.8 Å². The van der Waals surface area contributed by atoms with Crippen molar-refractivity contribution in [2.45, 2.75) is 87.8 Å². The van der Waals surface area contributed by atoms with Crippen molar-refractivity contribution in [3.63, 3.8) is 0 Å². The van der Waals surface area contributed by atoms with Crippen molar-refractivity contribution >= 4 is 71.3 Å². The number of aromatic nitrogens is 10. The van der Waals surface area contributed by atoms with Crippen LogP contribution in [0.3, 0.4) is 0 Å². The highest BCUT2D eigenvalue weighted by molar-refractivity contribution is 7.66. The number of anilines is 2. The van der Waals surface area contributed by atoms with Crippen LogP contribution in [0.1, 0.15) is 39.0 Å². The molecule has 0 aromatic carbocycles. The van der Waals surface area contributed by atoms with Crippen molar-refractivity contribution in [1.82, 2.24) is 48.5 Å². The summed E-state index contributed by atoms with van der Waals surface area (Å²) in [5, 5.41) is 32.9. The van der Waals surface area contributed by atoms with Gasteiger partial charge in [0.15, 0.2) is 30.2 Å². The zero-order chi connectivity index (χ0) is 57.7. The molecule has 1 amide bonds. The molecular formula is C37H54N13O25P4+. The number of aromatic amines is 2. The monoisotopic (exact) mass is 1200 g/mol. The molecule has 42 heteroatoms. The van der Waals surface area contributed by atoms with E-state index in [-0.39, 0.29) is 47.2 Å². The summed E-state index contributed by atoms with van der Waals surface area (Å²) < 4.78 is 110.